The first kappa shape index (κ1) is 11.0. The topological polar surface area (TPSA) is 66.4 Å². The number of hydrogen-bond donors (Lipinski definition) is 2. The first-order valence-electron chi connectivity index (χ1n) is 4.00. The average Bonchev–Trinajstić information content (AvgIpc) is 1.99. The first-order chi connectivity index (χ1) is 5.48. The maximum absolute atomic E-state index is 10.8. The van der Waals surface area contributed by atoms with E-state index in [-0.39, 0.29) is 5.81 Å². The van der Waals surface area contributed by atoms with Crippen LogP contribution in [-0.2, 0) is 4.79 Å². The summed E-state index contributed by atoms with van der Waals surface area (Å²) in [5.74, 6) is -1.27. The van der Waals surface area contributed by atoms with Crippen molar-refractivity contribution in [2.24, 2.45) is 0 Å². The Balaban J connectivity index is 4.58. The molecule has 0 atom stereocenters. The maximum Gasteiger partial charge on any atom is 0.329 e. The normalized spacial score (nSPS) is 10.8. The van der Waals surface area contributed by atoms with Gasteiger partial charge in [-0.2, -0.15) is 0 Å². The van der Waals surface area contributed by atoms with Gasteiger partial charge in [0.25, 0.3) is 0 Å². The van der Waals surface area contributed by atoms with Gasteiger partial charge in [-0.25, -0.2) is 4.79 Å². The fraction of sp³-hybridized carbons (Fsp3) is 0.714. The Hall–Kier alpha value is -0.995. The van der Waals surface area contributed by atoms with E-state index in [1.807, 2.05) is 0 Å². The second-order valence-corrected chi connectivity index (χ2v) is 2.78. The van der Waals surface area contributed by atoms with E-state index in [1.54, 1.807) is 13.8 Å². The van der Waals surface area contributed by atoms with E-state index >= 15 is 0 Å². The summed E-state index contributed by atoms with van der Waals surface area (Å²) in [6.45, 7) is 3.49. The summed E-state index contributed by atoms with van der Waals surface area (Å²) in [6.07, 6.45) is 0.802. The second kappa shape index (κ2) is 4.14. The van der Waals surface area contributed by atoms with Crippen LogP contribution in [0, 0.1) is 0 Å². The Labute approximate surface area is 72.7 Å². The van der Waals surface area contributed by atoms with Gasteiger partial charge in [0, 0.05) is 0 Å². The molecule has 1 amide bonds. The molecule has 0 aromatic rings. The van der Waals surface area contributed by atoms with E-state index in [0.29, 0.717) is 12.8 Å². The molecule has 0 aliphatic heterocycles. The molecule has 0 aromatic carbocycles. The molecule has 5 heteroatoms. The van der Waals surface area contributed by atoms with Gasteiger partial charge in [0.15, 0.2) is 5.81 Å². The Morgan fingerprint density at radius 3 is 1.92 bits per heavy atom. The van der Waals surface area contributed by atoms with Crippen molar-refractivity contribution < 1.29 is 14.7 Å². The summed E-state index contributed by atoms with van der Waals surface area (Å²) in [7, 11) is 1.32. The molecule has 0 saturated heterocycles. The average molecular weight is 171 g/mol. The van der Waals surface area contributed by atoms with Gasteiger partial charge < -0.3 is 10.4 Å². The first-order valence-corrected chi connectivity index (χ1v) is 4.00. The van der Waals surface area contributed by atoms with Crippen molar-refractivity contribution in [3.05, 3.63) is 0 Å². The van der Waals surface area contributed by atoms with Crippen LogP contribution in [0.15, 0.2) is 0 Å². The van der Waals surface area contributed by atoms with E-state index in [1.165, 1.54) is 7.85 Å². The van der Waals surface area contributed by atoms with Crippen molar-refractivity contribution in [3.8, 4) is 0 Å². The number of nitrogens with one attached hydrogen (secondary N) is 1. The minimum absolute atomic E-state index is 0.305. The minimum Gasteiger partial charge on any atom is -0.480 e. The van der Waals surface area contributed by atoms with Crippen LogP contribution in [0.4, 0.5) is 4.79 Å². The van der Waals surface area contributed by atoms with Gasteiger partial charge in [-0.1, -0.05) is 13.8 Å². The van der Waals surface area contributed by atoms with Gasteiger partial charge in [-0.05, 0) is 12.8 Å². The number of carbonyl (C=O) groups excluding carboxylic acids is 1. The number of hydrogen-bond acceptors (Lipinski definition) is 2. The number of aliphatic carboxylic acids is 1. The summed E-state index contributed by atoms with van der Waals surface area (Å²) in [5, 5.41) is 11.3. The Morgan fingerprint density at radius 1 is 1.42 bits per heavy atom. The molecular weight excluding hydrogens is 157 g/mol. The smallest absolute Gasteiger partial charge is 0.329 e. The fourth-order valence-corrected chi connectivity index (χ4v) is 1.12. The molecule has 68 valence electrons. The predicted octanol–water partition coefficient (Wildman–Crippen LogP) is -0.0275. The number of rotatable bonds is 4. The summed E-state index contributed by atoms with van der Waals surface area (Å²) < 4.78 is 0. The zero-order valence-electron chi connectivity index (χ0n) is 7.68. The van der Waals surface area contributed by atoms with E-state index in [4.69, 9.17) is 5.11 Å². The van der Waals surface area contributed by atoms with Crippen LogP contribution in [-0.4, -0.2) is 30.3 Å². The zero-order valence-corrected chi connectivity index (χ0v) is 7.68. The lowest BCUT2D eigenvalue weighted by Crippen LogP contribution is -2.53. The Kier molecular flexibility index (Phi) is 3.79. The molecule has 0 rings (SSSR count). The second-order valence-electron chi connectivity index (χ2n) is 2.78. The van der Waals surface area contributed by atoms with Crippen LogP contribution in [0.5, 0.6) is 0 Å². The third-order valence-electron chi connectivity index (χ3n) is 2.03. The highest BCUT2D eigenvalue weighted by molar-refractivity contribution is 6.57. The monoisotopic (exact) mass is 171 g/mol. The third kappa shape index (κ3) is 2.25. The fourth-order valence-electron chi connectivity index (χ4n) is 1.12. The maximum atomic E-state index is 10.8. The molecule has 12 heavy (non-hydrogen) atoms. The van der Waals surface area contributed by atoms with Gasteiger partial charge in [0.2, 0.25) is 7.85 Å². The van der Waals surface area contributed by atoms with E-state index in [2.05, 4.69) is 5.32 Å². The van der Waals surface area contributed by atoms with Crippen LogP contribution < -0.4 is 5.32 Å². The lowest BCUT2D eigenvalue weighted by Gasteiger charge is -2.27. The lowest BCUT2D eigenvalue weighted by atomic mass is 9.91. The van der Waals surface area contributed by atoms with Crippen LogP contribution in [0.1, 0.15) is 26.7 Å². The van der Waals surface area contributed by atoms with Crippen molar-refractivity contribution in [1.82, 2.24) is 5.32 Å². The summed E-state index contributed by atoms with van der Waals surface area (Å²) >= 11 is 0. The van der Waals surface area contributed by atoms with Crippen LogP contribution in [0.25, 0.3) is 0 Å². The zero-order chi connectivity index (χ0) is 9.78. The summed E-state index contributed by atoms with van der Waals surface area (Å²) in [4.78, 5) is 21.5. The van der Waals surface area contributed by atoms with E-state index in [0.717, 1.165) is 0 Å². The number of carboxylic acid groups (broad SMARTS) is 1. The van der Waals surface area contributed by atoms with Gasteiger partial charge in [-0.3, -0.25) is 4.79 Å². The molecule has 0 saturated carbocycles. The Bertz CT molecular complexity index is 189. The highest BCUT2D eigenvalue weighted by atomic mass is 16.4. The molecule has 2 N–H and O–H groups in total. The van der Waals surface area contributed by atoms with Crippen molar-refractivity contribution in [1.29, 1.82) is 0 Å². The molecule has 0 bridgehead atoms. The predicted molar refractivity (Wildman–Crippen MR) is 48.0 cm³/mol. The molecule has 4 nitrogen and oxygen atoms in total. The minimum atomic E-state index is -1.08. The van der Waals surface area contributed by atoms with E-state index in [9.17, 15) is 9.59 Å². The standard InChI is InChI=1S/C7H14BNO3/c1-3-7(4-2,5(10)11)9-6(8)12/h3-4,8H2,1-2H3,(H,9,12)(H,10,11). The number of carboxylic acids is 1. The number of carbonyl (C=O) groups is 2. The third-order valence-corrected chi connectivity index (χ3v) is 2.03. The molecule has 0 aromatic heterocycles. The largest absolute Gasteiger partial charge is 0.480 e. The molecule has 0 unspecified atom stereocenters. The van der Waals surface area contributed by atoms with Crippen molar-refractivity contribution in [2.75, 3.05) is 0 Å². The van der Waals surface area contributed by atoms with Gasteiger partial charge in [0.05, 0.1) is 0 Å². The van der Waals surface area contributed by atoms with Crippen molar-refractivity contribution in [2.45, 2.75) is 32.2 Å². The highest BCUT2D eigenvalue weighted by Crippen LogP contribution is 2.14. The molecular formula is C7H14BNO3. The van der Waals surface area contributed by atoms with E-state index < -0.39 is 11.5 Å². The quantitative estimate of drug-likeness (QED) is 0.583. The van der Waals surface area contributed by atoms with Gasteiger partial charge >= 0.3 is 5.97 Å². The molecule has 0 aliphatic rings. The van der Waals surface area contributed by atoms with Crippen molar-refractivity contribution in [3.63, 3.8) is 0 Å². The summed E-state index contributed by atoms with van der Waals surface area (Å²) in [6, 6.07) is 0. The summed E-state index contributed by atoms with van der Waals surface area (Å²) in [5.41, 5.74) is -1.08. The molecule has 0 radical (unpaired) electrons. The van der Waals surface area contributed by atoms with Crippen LogP contribution in [0.2, 0.25) is 0 Å². The molecule has 0 fully saturated rings. The Morgan fingerprint density at radius 2 is 1.83 bits per heavy atom. The number of amides is 1. The SMILES string of the molecule is BC(=O)NC(CC)(CC)C(=O)O. The van der Waals surface area contributed by atoms with Crippen LogP contribution in [0.3, 0.4) is 0 Å². The lowest BCUT2D eigenvalue weighted by molar-refractivity contribution is -0.144. The van der Waals surface area contributed by atoms with Gasteiger partial charge in [0.1, 0.15) is 5.54 Å². The van der Waals surface area contributed by atoms with Crippen LogP contribution >= 0.6 is 0 Å². The molecule has 0 spiro atoms. The van der Waals surface area contributed by atoms with Gasteiger partial charge in [-0.15, -0.1) is 0 Å². The highest BCUT2D eigenvalue weighted by Gasteiger charge is 2.35. The van der Waals surface area contributed by atoms with Crippen molar-refractivity contribution >= 4 is 19.6 Å². The molecule has 0 aliphatic carbocycles. The molecule has 0 heterocycles.